The Kier molecular flexibility index (Phi) is 4.20. The maximum atomic E-state index is 12.2. The van der Waals surface area contributed by atoms with Gasteiger partial charge >= 0.3 is 0 Å². The van der Waals surface area contributed by atoms with Gasteiger partial charge in [0, 0.05) is 22.5 Å². The zero-order chi connectivity index (χ0) is 15.5. The van der Waals surface area contributed by atoms with E-state index < -0.39 is 0 Å². The minimum absolute atomic E-state index is 0.0108. The van der Waals surface area contributed by atoms with E-state index in [1.165, 1.54) is 17.1 Å². The van der Waals surface area contributed by atoms with Gasteiger partial charge in [-0.15, -0.1) is 5.10 Å². The van der Waals surface area contributed by atoms with Gasteiger partial charge in [-0.05, 0) is 36.0 Å². The maximum Gasteiger partial charge on any atom is 0.225 e. The lowest BCUT2D eigenvalue weighted by Gasteiger charge is -2.10. The maximum absolute atomic E-state index is 12.2. The number of hydrogen-bond acceptors (Lipinski definition) is 4. The molecule has 0 aliphatic carbocycles. The van der Waals surface area contributed by atoms with Crippen molar-refractivity contribution in [2.75, 3.05) is 0 Å². The highest BCUT2D eigenvalue weighted by atomic mass is 32.1. The van der Waals surface area contributed by atoms with Crippen LogP contribution >= 0.6 is 11.5 Å². The number of H-pyrrole nitrogens is 1. The molecule has 1 atom stereocenters. The summed E-state index contributed by atoms with van der Waals surface area (Å²) in [4.78, 5) is 15.5. The van der Waals surface area contributed by atoms with Crippen molar-refractivity contribution in [3.8, 4) is 0 Å². The summed E-state index contributed by atoms with van der Waals surface area (Å²) >= 11 is 1.29. The summed E-state index contributed by atoms with van der Waals surface area (Å²) in [6, 6.07) is 6.09. The van der Waals surface area contributed by atoms with Crippen molar-refractivity contribution in [2.45, 2.75) is 32.7 Å². The van der Waals surface area contributed by atoms with Crippen LogP contribution in [-0.4, -0.2) is 20.5 Å². The Balaban J connectivity index is 1.74. The average Bonchev–Trinajstić information content (AvgIpc) is 3.17. The highest BCUT2D eigenvalue weighted by Crippen LogP contribution is 2.22. The SMILES string of the molecule is CCc1cccc2c(CC(=O)NC(C)c3csnn3)c[nH]c12. The lowest BCUT2D eigenvalue weighted by atomic mass is 10.1. The van der Waals surface area contributed by atoms with E-state index in [-0.39, 0.29) is 11.9 Å². The van der Waals surface area contributed by atoms with E-state index >= 15 is 0 Å². The molecule has 0 bridgehead atoms. The van der Waals surface area contributed by atoms with Gasteiger partial charge in [0.05, 0.1) is 18.2 Å². The monoisotopic (exact) mass is 314 g/mol. The summed E-state index contributed by atoms with van der Waals surface area (Å²) in [5, 5.41) is 9.93. The minimum atomic E-state index is -0.123. The van der Waals surface area contributed by atoms with Crippen molar-refractivity contribution in [1.82, 2.24) is 19.9 Å². The standard InChI is InChI=1S/C16H18N4OS/c1-3-11-5-4-6-13-12(8-17-16(11)13)7-15(21)18-10(2)14-9-22-20-19-14/h4-6,8-10,17H,3,7H2,1-2H3,(H,18,21). The lowest BCUT2D eigenvalue weighted by Crippen LogP contribution is -2.28. The summed E-state index contributed by atoms with van der Waals surface area (Å²) in [7, 11) is 0. The predicted octanol–water partition coefficient (Wildman–Crippen LogP) is 3.00. The third-order valence-corrected chi connectivity index (χ3v) is 4.34. The summed E-state index contributed by atoms with van der Waals surface area (Å²) < 4.78 is 3.82. The second-order valence-corrected chi connectivity index (χ2v) is 5.91. The van der Waals surface area contributed by atoms with Crippen molar-refractivity contribution in [3.05, 3.63) is 46.6 Å². The smallest absolute Gasteiger partial charge is 0.225 e. The van der Waals surface area contributed by atoms with Crippen LogP contribution in [0, 0.1) is 0 Å². The van der Waals surface area contributed by atoms with Crippen molar-refractivity contribution in [3.63, 3.8) is 0 Å². The summed E-state index contributed by atoms with van der Waals surface area (Å²) in [5.41, 5.74) is 4.22. The Morgan fingerprint density at radius 3 is 3.00 bits per heavy atom. The number of nitrogens with zero attached hydrogens (tertiary/aromatic N) is 2. The minimum Gasteiger partial charge on any atom is -0.361 e. The molecule has 3 rings (SSSR count). The van der Waals surface area contributed by atoms with Crippen molar-refractivity contribution in [1.29, 1.82) is 0 Å². The molecule has 0 saturated carbocycles. The van der Waals surface area contributed by atoms with Gasteiger partial charge in [0.25, 0.3) is 0 Å². The molecule has 1 unspecified atom stereocenters. The number of fused-ring (bicyclic) bond motifs is 1. The second kappa shape index (κ2) is 6.27. The topological polar surface area (TPSA) is 70.7 Å². The van der Waals surface area contributed by atoms with Gasteiger partial charge in [0.1, 0.15) is 0 Å². The van der Waals surface area contributed by atoms with Crippen LogP contribution in [0.2, 0.25) is 0 Å². The number of nitrogens with one attached hydrogen (secondary N) is 2. The largest absolute Gasteiger partial charge is 0.361 e. The predicted molar refractivity (Wildman–Crippen MR) is 87.8 cm³/mol. The summed E-state index contributed by atoms with van der Waals surface area (Å²) in [6.45, 7) is 4.05. The van der Waals surface area contributed by atoms with Crippen LogP contribution in [0.1, 0.15) is 36.7 Å². The van der Waals surface area contributed by atoms with Gasteiger partial charge in [-0.3, -0.25) is 4.79 Å². The second-order valence-electron chi connectivity index (χ2n) is 5.30. The molecule has 1 amide bonds. The van der Waals surface area contributed by atoms with E-state index in [4.69, 9.17) is 0 Å². The molecule has 22 heavy (non-hydrogen) atoms. The fraction of sp³-hybridized carbons (Fsp3) is 0.312. The number of hydrogen-bond donors (Lipinski definition) is 2. The van der Waals surface area contributed by atoms with E-state index in [1.807, 2.05) is 24.6 Å². The molecule has 5 nitrogen and oxygen atoms in total. The van der Waals surface area contributed by atoms with E-state index in [1.54, 1.807) is 0 Å². The van der Waals surface area contributed by atoms with Crippen molar-refractivity contribution < 1.29 is 4.79 Å². The number of carbonyl (C=O) groups is 1. The van der Waals surface area contributed by atoms with Gasteiger partial charge < -0.3 is 10.3 Å². The molecule has 3 aromatic rings. The van der Waals surface area contributed by atoms with Crippen LogP contribution in [0.4, 0.5) is 0 Å². The van der Waals surface area contributed by atoms with E-state index in [0.717, 1.165) is 28.6 Å². The number of aromatic amines is 1. The molecule has 0 radical (unpaired) electrons. The first-order chi connectivity index (χ1) is 10.7. The first-order valence-corrected chi connectivity index (χ1v) is 8.17. The van der Waals surface area contributed by atoms with Gasteiger partial charge in [0.2, 0.25) is 5.91 Å². The van der Waals surface area contributed by atoms with Gasteiger partial charge in [-0.2, -0.15) is 0 Å². The lowest BCUT2D eigenvalue weighted by molar-refractivity contribution is -0.121. The molecule has 0 spiro atoms. The Morgan fingerprint density at radius 1 is 1.41 bits per heavy atom. The molecule has 0 aliphatic rings. The Morgan fingerprint density at radius 2 is 2.27 bits per heavy atom. The molecular formula is C16H18N4OS. The fourth-order valence-corrected chi connectivity index (χ4v) is 3.16. The molecule has 2 heterocycles. The van der Waals surface area contributed by atoms with Gasteiger partial charge in [-0.25, -0.2) is 0 Å². The van der Waals surface area contributed by atoms with Crippen LogP contribution in [0.3, 0.4) is 0 Å². The van der Waals surface area contributed by atoms with Gasteiger partial charge in [-0.1, -0.05) is 29.6 Å². The summed E-state index contributed by atoms with van der Waals surface area (Å²) in [6.07, 6.45) is 3.25. The van der Waals surface area contributed by atoms with Crippen LogP contribution in [-0.2, 0) is 17.6 Å². The molecular weight excluding hydrogens is 296 g/mol. The van der Waals surface area contributed by atoms with E-state index in [9.17, 15) is 4.79 Å². The quantitative estimate of drug-likeness (QED) is 0.760. The van der Waals surface area contributed by atoms with Crippen molar-refractivity contribution in [2.24, 2.45) is 0 Å². The number of amides is 1. The summed E-state index contributed by atoms with van der Waals surface area (Å²) in [5.74, 6) is -0.0108. The number of benzene rings is 1. The van der Waals surface area contributed by atoms with Crippen LogP contribution in [0.15, 0.2) is 29.8 Å². The first kappa shape index (κ1) is 14.7. The fourth-order valence-electron chi connectivity index (χ4n) is 2.62. The third-order valence-electron chi connectivity index (χ3n) is 3.82. The molecule has 0 aliphatic heterocycles. The normalized spacial score (nSPS) is 12.5. The number of aromatic nitrogens is 3. The van der Waals surface area contributed by atoms with Crippen molar-refractivity contribution >= 4 is 28.3 Å². The molecule has 2 aromatic heterocycles. The highest BCUT2D eigenvalue weighted by molar-refractivity contribution is 7.03. The number of aryl methyl sites for hydroxylation is 1. The third kappa shape index (κ3) is 2.87. The zero-order valence-corrected chi connectivity index (χ0v) is 13.4. The molecule has 1 aromatic carbocycles. The van der Waals surface area contributed by atoms with Crippen LogP contribution in [0.25, 0.3) is 10.9 Å². The number of carbonyl (C=O) groups excluding carboxylic acids is 1. The first-order valence-electron chi connectivity index (χ1n) is 7.33. The molecule has 6 heteroatoms. The van der Waals surface area contributed by atoms with Crippen LogP contribution < -0.4 is 5.32 Å². The average molecular weight is 314 g/mol. The van der Waals surface area contributed by atoms with E-state index in [0.29, 0.717) is 6.42 Å². The van der Waals surface area contributed by atoms with E-state index in [2.05, 4.69) is 38.9 Å². The Bertz CT molecular complexity index is 779. The zero-order valence-electron chi connectivity index (χ0n) is 12.6. The van der Waals surface area contributed by atoms with Crippen LogP contribution in [0.5, 0.6) is 0 Å². The molecule has 2 N–H and O–H groups in total. The number of para-hydroxylation sites is 1. The highest BCUT2D eigenvalue weighted by Gasteiger charge is 2.14. The molecule has 114 valence electrons. The van der Waals surface area contributed by atoms with Gasteiger partial charge in [0.15, 0.2) is 0 Å². The Labute approximate surface area is 132 Å². The Hall–Kier alpha value is -2.21. The molecule has 0 saturated heterocycles. The number of rotatable bonds is 5. The molecule has 0 fully saturated rings.